The normalized spacial score (nSPS) is 10.3. The summed E-state index contributed by atoms with van der Waals surface area (Å²) >= 11 is 3.37. The molecule has 0 saturated heterocycles. The summed E-state index contributed by atoms with van der Waals surface area (Å²) in [6, 6.07) is 17.6. The molecular formula is C18H21BrClN2O2-. The highest BCUT2D eigenvalue weighted by atomic mass is 79.9. The molecule has 2 rings (SSSR count). The zero-order chi connectivity index (χ0) is 16.5. The summed E-state index contributed by atoms with van der Waals surface area (Å²) in [7, 11) is 0. The van der Waals surface area contributed by atoms with E-state index in [1.807, 2.05) is 54.6 Å². The van der Waals surface area contributed by atoms with E-state index in [4.69, 9.17) is 0 Å². The third kappa shape index (κ3) is 7.45. The Labute approximate surface area is 157 Å². The van der Waals surface area contributed by atoms with Gasteiger partial charge < -0.3 is 22.8 Å². The Morgan fingerprint density at radius 2 is 1.71 bits per heavy atom. The second-order valence-corrected chi connectivity index (χ2v) is 6.21. The van der Waals surface area contributed by atoms with Crippen LogP contribution in [0.25, 0.3) is 0 Å². The molecule has 2 N–H and O–H groups in total. The van der Waals surface area contributed by atoms with E-state index in [1.54, 1.807) is 0 Å². The molecule has 0 aliphatic rings. The van der Waals surface area contributed by atoms with E-state index in [0.717, 1.165) is 16.7 Å². The molecule has 0 bridgehead atoms. The molecule has 0 aliphatic carbocycles. The number of carbonyl (C=O) groups excluding carboxylic acids is 1. The number of hydrogen-bond acceptors (Lipinski definition) is 3. The summed E-state index contributed by atoms with van der Waals surface area (Å²) in [4.78, 5) is 14.1. The van der Waals surface area contributed by atoms with Gasteiger partial charge in [0.15, 0.2) is 0 Å². The molecule has 0 radical (unpaired) electrons. The molecule has 6 heteroatoms. The summed E-state index contributed by atoms with van der Waals surface area (Å²) in [6.07, 6.45) is 0.392. The van der Waals surface area contributed by atoms with E-state index in [1.165, 1.54) is 5.56 Å². The average Bonchev–Trinajstić information content (AvgIpc) is 2.56. The summed E-state index contributed by atoms with van der Waals surface area (Å²) in [6.45, 7) is 1.98. The molecule has 0 atom stereocenters. The molecule has 0 saturated carbocycles. The maximum atomic E-state index is 12.0. The van der Waals surface area contributed by atoms with Crippen LogP contribution in [0.2, 0.25) is 0 Å². The first kappa shape index (κ1) is 20.6. The number of rotatable bonds is 8. The van der Waals surface area contributed by atoms with Crippen LogP contribution in [0.3, 0.4) is 0 Å². The zero-order valence-corrected chi connectivity index (χ0v) is 15.6. The summed E-state index contributed by atoms with van der Waals surface area (Å²) in [5.41, 5.74) is 1.96. The lowest BCUT2D eigenvalue weighted by Crippen LogP contribution is -3.00. The monoisotopic (exact) mass is 411 g/mol. The van der Waals surface area contributed by atoms with Crippen molar-refractivity contribution >= 4 is 27.5 Å². The Morgan fingerprint density at radius 1 is 1.04 bits per heavy atom. The minimum atomic E-state index is -0.0247. The molecule has 2 aromatic carbocycles. The number of aliphatic hydroxyl groups excluding tert-OH is 1. The van der Waals surface area contributed by atoms with E-state index in [-0.39, 0.29) is 24.9 Å². The minimum absolute atomic E-state index is 0. The fourth-order valence-corrected chi connectivity index (χ4v) is 2.53. The topological polar surface area (TPSA) is 52.6 Å². The van der Waals surface area contributed by atoms with Gasteiger partial charge in [0.1, 0.15) is 0 Å². The average molecular weight is 413 g/mol. The van der Waals surface area contributed by atoms with Crippen molar-refractivity contribution in [2.24, 2.45) is 0 Å². The van der Waals surface area contributed by atoms with Gasteiger partial charge in [-0.25, -0.2) is 0 Å². The molecule has 2 aromatic rings. The number of anilines is 1. The van der Waals surface area contributed by atoms with Gasteiger partial charge in [-0.2, -0.15) is 0 Å². The van der Waals surface area contributed by atoms with Gasteiger partial charge >= 0.3 is 0 Å². The molecule has 130 valence electrons. The van der Waals surface area contributed by atoms with Crippen LogP contribution in [-0.2, 0) is 11.3 Å². The van der Waals surface area contributed by atoms with Crippen molar-refractivity contribution in [3.63, 3.8) is 0 Å². The van der Waals surface area contributed by atoms with Crippen molar-refractivity contribution in [1.82, 2.24) is 4.90 Å². The lowest BCUT2D eigenvalue weighted by atomic mass is 10.2. The molecular weight excluding hydrogens is 392 g/mol. The van der Waals surface area contributed by atoms with Gasteiger partial charge in [-0.15, -0.1) is 0 Å². The van der Waals surface area contributed by atoms with Crippen molar-refractivity contribution in [3.8, 4) is 0 Å². The molecule has 0 aromatic heterocycles. The summed E-state index contributed by atoms with van der Waals surface area (Å²) in [5, 5.41) is 12.1. The number of aliphatic hydroxyl groups is 1. The van der Waals surface area contributed by atoms with Gasteiger partial charge in [-0.1, -0.05) is 46.3 Å². The molecule has 24 heavy (non-hydrogen) atoms. The number of hydrogen-bond donors (Lipinski definition) is 2. The van der Waals surface area contributed by atoms with Crippen LogP contribution in [0.4, 0.5) is 5.69 Å². The number of carbonyl (C=O) groups is 1. The van der Waals surface area contributed by atoms with Crippen molar-refractivity contribution in [2.75, 3.05) is 25.0 Å². The van der Waals surface area contributed by atoms with E-state index >= 15 is 0 Å². The molecule has 0 spiro atoms. The first-order valence-electron chi connectivity index (χ1n) is 7.60. The van der Waals surface area contributed by atoms with Gasteiger partial charge in [-0.05, 0) is 29.8 Å². The molecule has 0 heterocycles. The van der Waals surface area contributed by atoms with Gasteiger partial charge in [0.2, 0.25) is 5.91 Å². The Kier molecular flexibility index (Phi) is 9.64. The van der Waals surface area contributed by atoms with Crippen LogP contribution in [0, 0.1) is 0 Å². The molecule has 0 aliphatic heterocycles. The van der Waals surface area contributed by atoms with Crippen LogP contribution in [0.1, 0.15) is 12.0 Å². The summed E-state index contributed by atoms with van der Waals surface area (Å²) in [5.74, 6) is -0.0247. The largest absolute Gasteiger partial charge is 1.00 e. The lowest BCUT2D eigenvalue weighted by molar-refractivity contribution is -0.116. The van der Waals surface area contributed by atoms with Gasteiger partial charge in [0.25, 0.3) is 0 Å². The number of halogens is 2. The van der Waals surface area contributed by atoms with Crippen molar-refractivity contribution in [2.45, 2.75) is 13.0 Å². The molecule has 0 fully saturated rings. The first-order chi connectivity index (χ1) is 11.2. The number of nitrogens with zero attached hydrogens (tertiary/aromatic N) is 1. The second-order valence-electron chi connectivity index (χ2n) is 5.29. The third-order valence-corrected chi connectivity index (χ3v) is 3.98. The van der Waals surface area contributed by atoms with E-state index in [2.05, 4.69) is 26.1 Å². The highest BCUT2D eigenvalue weighted by Crippen LogP contribution is 2.14. The summed E-state index contributed by atoms with van der Waals surface area (Å²) < 4.78 is 0.979. The van der Waals surface area contributed by atoms with Crippen LogP contribution < -0.4 is 17.7 Å². The first-order valence-corrected chi connectivity index (χ1v) is 8.39. The quantitative estimate of drug-likeness (QED) is 0.655. The Morgan fingerprint density at radius 3 is 2.33 bits per heavy atom. The van der Waals surface area contributed by atoms with E-state index in [0.29, 0.717) is 19.5 Å². The van der Waals surface area contributed by atoms with Crippen molar-refractivity contribution in [3.05, 3.63) is 64.6 Å². The third-order valence-electron chi connectivity index (χ3n) is 3.45. The fourth-order valence-electron chi connectivity index (χ4n) is 2.27. The smallest absolute Gasteiger partial charge is 0.225 e. The van der Waals surface area contributed by atoms with Crippen LogP contribution in [0.15, 0.2) is 59.1 Å². The van der Waals surface area contributed by atoms with Crippen LogP contribution in [-0.4, -0.2) is 35.6 Å². The standard InChI is InChI=1S/C18H21BrN2O2.ClH/c19-16-6-8-17(9-7-16)20-18(23)10-11-21(12-13-22)14-15-4-2-1-3-5-15;/h1-9,22H,10-14H2,(H,20,23);1H/p-1. The Bertz CT molecular complexity index is 608. The molecule has 0 unspecified atom stereocenters. The predicted molar refractivity (Wildman–Crippen MR) is 96.2 cm³/mol. The maximum Gasteiger partial charge on any atom is 0.225 e. The molecule has 1 amide bonds. The molecule has 4 nitrogen and oxygen atoms in total. The Balaban J connectivity index is 0.00000288. The maximum absolute atomic E-state index is 12.0. The van der Waals surface area contributed by atoms with Gasteiger partial charge in [0, 0.05) is 36.2 Å². The highest BCUT2D eigenvalue weighted by molar-refractivity contribution is 9.10. The van der Waals surface area contributed by atoms with Crippen LogP contribution >= 0.6 is 15.9 Å². The fraction of sp³-hybridized carbons (Fsp3) is 0.278. The number of amides is 1. The minimum Gasteiger partial charge on any atom is -1.00 e. The number of nitrogens with one attached hydrogen (secondary N) is 1. The van der Waals surface area contributed by atoms with Gasteiger partial charge in [0.05, 0.1) is 6.61 Å². The highest BCUT2D eigenvalue weighted by Gasteiger charge is 2.09. The second kappa shape index (κ2) is 11.2. The van der Waals surface area contributed by atoms with E-state index < -0.39 is 0 Å². The number of benzene rings is 2. The predicted octanol–water partition coefficient (Wildman–Crippen LogP) is 0.276. The van der Waals surface area contributed by atoms with Crippen LogP contribution in [0.5, 0.6) is 0 Å². The zero-order valence-electron chi connectivity index (χ0n) is 13.3. The van der Waals surface area contributed by atoms with Crippen molar-refractivity contribution in [1.29, 1.82) is 0 Å². The van der Waals surface area contributed by atoms with Gasteiger partial charge in [-0.3, -0.25) is 9.69 Å². The van der Waals surface area contributed by atoms with Crippen molar-refractivity contribution < 1.29 is 22.3 Å². The Hall–Kier alpha value is -1.40. The lowest BCUT2D eigenvalue weighted by Gasteiger charge is -2.21. The SMILES string of the molecule is O=C(CCN(CCO)Cc1ccccc1)Nc1ccc(Br)cc1.[Cl-]. The van der Waals surface area contributed by atoms with E-state index in [9.17, 15) is 9.90 Å².